The van der Waals surface area contributed by atoms with Gasteiger partial charge in [-0.3, -0.25) is 0 Å². The first kappa shape index (κ1) is 23.1. The Bertz CT molecular complexity index is 613. The van der Waals surface area contributed by atoms with Gasteiger partial charge in [0.2, 0.25) is 0 Å². The van der Waals surface area contributed by atoms with Crippen molar-refractivity contribution < 1.29 is 14.3 Å². The summed E-state index contributed by atoms with van der Waals surface area (Å²) in [5.74, 6) is 1.61. The van der Waals surface area contributed by atoms with Gasteiger partial charge in [0, 0.05) is 0 Å². The number of ether oxygens (including phenoxy) is 2. The third kappa shape index (κ3) is 9.70. The topological polar surface area (TPSA) is 40.0 Å². The standard InChI is InChI=1S/C19H26BrCl2NO3/c1-4-15-12-16(24-11-8-18(21)22)13-17(20)19(15)25-9-6-5-7-10-26-23-14(2)3/h8,12-13H,4-7,9-11H2,1-3H3. The third-order valence-corrected chi connectivity index (χ3v) is 4.23. The number of benzene rings is 1. The maximum absolute atomic E-state index is 5.98. The number of aryl methyl sites for hydroxylation is 1. The molecule has 0 N–H and O–H groups in total. The fourth-order valence-corrected chi connectivity index (χ4v) is 2.85. The van der Waals surface area contributed by atoms with Crippen molar-refractivity contribution >= 4 is 44.8 Å². The molecule has 0 heterocycles. The molecule has 0 fully saturated rings. The molecule has 26 heavy (non-hydrogen) atoms. The fourth-order valence-electron chi connectivity index (χ4n) is 2.13. The number of hydrogen-bond donors (Lipinski definition) is 0. The van der Waals surface area contributed by atoms with Crippen molar-refractivity contribution in [3.63, 3.8) is 0 Å². The fraction of sp³-hybridized carbons (Fsp3) is 0.526. The summed E-state index contributed by atoms with van der Waals surface area (Å²) >= 11 is 14.7. The number of unbranched alkanes of at least 4 members (excludes halogenated alkanes) is 2. The van der Waals surface area contributed by atoms with E-state index in [0.717, 1.165) is 52.9 Å². The summed E-state index contributed by atoms with van der Waals surface area (Å²) in [6.45, 7) is 7.53. The average Bonchev–Trinajstić information content (AvgIpc) is 2.57. The zero-order valence-electron chi connectivity index (χ0n) is 15.5. The minimum absolute atomic E-state index is 0.196. The van der Waals surface area contributed by atoms with Gasteiger partial charge in [0.05, 0.1) is 16.8 Å². The van der Waals surface area contributed by atoms with Crippen LogP contribution >= 0.6 is 39.1 Å². The van der Waals surface area contributed by atoms with Crippen LogP contribution in [0.4, 0.5) is 0 Å². The molecule has 1 rings (SSSR count). The van der Waals surface area contributed by atoms with Gasteiger partial charge in [0.1, 0.15) is 29.2 Å². The summed E-state index contributed by atoms with van der Waals surface area (Å²) in [6.07, 6.45) is 5.41. The molecule has 0 spiro atoms. The van der Waals surface area contributed by atoms with E-state index in [4.69, 9.17) is 37.5 Å². The molecule has 0 saturated carbocycles. The highest BCUT2D eigenvalue weighted by atomic mass is 79.9. The maximum Gasteiger partial charge on any atom is 0.136 e. The van der Waals surface area contributed by atoms with Gasteiger partial charge in [-0.25, -0.2) is 0 Å². The number of rotatable bonds is 12. The van der Waals surface area contributed by atoms with Gasteiger partial charge in [-0.05, 0) is 79.2 Å². The third-order valence-electron chi connectivity index (χ3n) is 3.34. The Morgan fingerprint density at radius 2 is 1.85 bits per heavy atom. The Balaban J connectivity index is 2.46. The minimum Gasteiger partial charge on any atom is -0.492 e. The van der Waals surface area contributed by atoms with Crippen molar-refractivity contribution in [3.05, 3.63) is 32.7 Å². The normalized spacial score (nSPS) is 10.2. The van der Waals surface area contributed by atoms with Crippen molar-refractivity contribution in [1.82, 2.24) is 0 Å². The van der Waals surface area contributed by atoms with E-state index in [2.05, 4.69) is 28.0 Å². The lowest BCUT2D eigenvalue weighted by atomic mass is 10.1. The molecule has 7 heteroatoms. The van der Waals surface area contributed by atoms with Gasteiger partial charge in [-0.1, -0.05) is 35.3 Å². The lowest BCUT2D eigenvalue weighted by molar-refractivity contribution is 0.138. The van der Waals surface area contributed by atoms with E-state index in [-0.39, 0.29) is 4.49 Å². The summed E-state index contributed by atoms with van der Waals surface area (Å²) in [4.78, 5) is 5.18. The molecular formula is C19H26BrCl2NO3. The van der Waals surface area contributed by atoms with Crippen molar-refractivity contribution in [2.24, 2.45) is 5.16 Å². The second kappa shape index (κ2) is 13.3. The van der Waals surface area contributed by atoms with Gasteiger partial charge in [0.25, 0.3) is 0 Å². The second-order valence-electron chi connectivity index (χ2n) is 5.83. The Morgan fingerprint density at radius 3 is 2.50 bits per heavy atom. The summed E-state index contributed by atoms with van der Waals surface area (Å²) in [7, 11) is 0. The zero-order chi connectivity index (χ0) is 19.4. The van der Waals surface area contributed by atoms with Crippen LogP contribution < -0.4 is 9.47 Å². The van der Waals surface area contributed by atoms with Gasteiger partial charge in [0.15, 0.2) is 0 Å². The van der Waals surface area contributed by atoms with Gasteiger partial charge >= 0.3 is 0 Å². The molecule has 0 aromatic heterocycles. The number of halogens is 3. The largest absolute Gasteiger partial charge is 0.492 e. The van der Waals surface area contributed by atoms with Crippen molar-refractivity contribution in [1.29, 1.82) is 0 Å². The molecular weight excluding hydrogens is 441 g/mol. The SMILES string of the molecule is CCc1cc(OCC=C(Cl)Cl)cc(Br)c1OCCCCCON=C(C)C. The average molecular weight is 467 g/mol. The predicted octanol–water partition coefficient (Wildman–Crippen LogP) is 6.67. The Hall–Kier alpha value is -0.910. The van der Waals surface area contributed by atoms with E-state index < -0.39 is 0 Å². The minimum atomic E-state index is 0.196. The predicted molar refractivity (Wildman–Crippen MR) is 113 cm³/mol. The molecule has 4 nitrogen and oxygen atoms in total. The molecule has 0 aliphatic carbocycles. The summed E-state index contributed by atoms with van der Waals surface area (Å²) in [6, 6.07) is 3.87. The Kier molecular flexibility index (Phi) is 11.8. The smallest absolute Gasteiger partial charge is 0.136 e. The molecule has 1 aromatic rings. The molecule has 0 unspecified atom stereocenters. The van der Waals surface area contributed by atoms with Gasteiger partial charge in [-0.2, -0.15) is 0 Å². The van der Waals surface area contributed by atoms with E-state index in [9.17, 15) is 0 Å². The van der Waals surface area contributed by atoms with E-state index >= 15 is 0 Å². The summed E-state index contributed by atoms with van der Waals surface area (Å²) in [5.41, 5.74) is 2.02. The molecule has 0 atom stereocenters. The molecule has 1 aromatic carbocycles. The van der Waals surface area contributed by atoms with Gasteiger partial charge in [-0.15, -0.1) is 0 Å². The second-order valence-corrected chi connectivity index (χ2v) is 7.69. The van der Waals surface area contributed by atoms with E-state index in [1.807, 2.05) is 26.0 Å². The number of hydrogen-bond acceptors (Lipinski definition) is 4. The molecule has 0 aliphatic rings. The van der Waals surface area contributed by atoms with Crippen LogP contribution in [0.15, 0.2) is 32.3 Å². The van der Waals surface area contributed by atoms with Crippen molar-refractivity contribution in [2.75, 3.05) is 19.8 Å². The van der Waals surface area contributed by atoms with E-state index in [1.54, 1.807) is 6.08 Å². The van der Waals surface area contributed by atoms with Crippen LogP contribution in [-0.2, 0) is 11.3 Å². The Labute approximate surface area is 174 Å². The first-order valence-electron chi connectivity index (χ1n) is 8.66. The summed E-state index contributed by atoms with van der Waals surface area (Å²) < 4.78 is 12.7. The van der Waals surface area contributed by atoms with Crippen molar-refractivity contribution in [3.8, 4) is 11.5 Å². The van der Waals surface area contributed by atoms with Crippen LogP contribution in [0.5, 0.6) is 11.5 Å². The van der Waals surface area contributed by atoms with Crippen LogP contribution in [0.3, 0.4) is 0 Å². The summed E-state index contributed by atoms with van der Waals surface area (Å²) in [5, 5.41) is 3.91. The molecule has 0 radical (unpaired) electrons. The molecule has 0 aliphatic heterocycles. The lowest BCUT2D eigenvalue weighted by Crippen LogP contribution is -2.03. The first-order valence-corrected chi connectivity index (χ1v) is 10.2. The van der Waals surface area contributed by atoms with E-state index in [1.165, 1.54) is 0 Å². The van der Waals surface area contributed by atoms with Crippen LogP contribution in [-0.4, -0.2) is 25.5 Å². The van der Waals surface area contributed by atoms with Crippen LogP contribution in [0.2, 0.25) is 0 Å². The van der Waals surface area contributed by atoms with Crippen molar-refractivity contribution in [2.45, 2.75) is 46.5 Å². The molecule has 0 bridgehead atoms. The first-order chi connectivity index (χ1) is 12.4. The van der Waals surface area contributed by atoms with E-state index in [0.29, 0.717) is 19.8 Å². The zero-order valence-corrected chi connectivity index (χ0v) is 18.6. The van der Waals surface area contributed by atoms with Gasteiger partial charge < -0.3 is 14.3 Å². The highest BCUT2D eigenvalue weighted by Gasteiger charge is 2.10. The highest BCUT2D eigenvalue weighted by molar-refractivity contribution is 9.10. The number of nitrogens with zero attached hydrogens (tertiary/aromatic N) is 1. The quantitative estimate of drug-likeness (QED) is 0.196. The number of oxime groups is 1. The monoisotopic (exact) mass is 465 g/mol. The maximum atomic E-state index is 5.98. The van der Waals surface area contributed by atoms with Crippen LogP contribution in [0.1, 0.15) is 45.6 Å². The molecule has 0 saturated heterocycles. The molecule has 146 valence electrons. The highest BCUT2D eigenvalue weighted by Crippen LogP contribution is 2.34. The molecule has 0 amide bonds. The van der Waals surface area contributed by atoms with Crippen LogP contribution in [0.25, 0.3) is 0 Å². The lowest BCUT2D eigenvalue weighted by Gasteiger charge is -2.15. The van der Waals surface area contributed by atoms with Crippen LogP contribution in [0, 0.1) is 0 Å². The Morgan fingerprint density at radius 1 is 1.12 bits per heavy atom.